The average Bonchev–Trinajstić information content (AvgIpc) is 3.07. The van der Waals surface area contributed by atoms with Crippen molar-refractivity contribution in [1.29, 1.82) is 0 Å². The number of carbonyl (C=O) groups excluding carboxylic acids is 1. The van der Waals surface area contributed by atoms with Gasteiger partial charge in [-0.05, 0) is 43.0 Å². The lowest BCUT2D eigenvalue weighted by atomic mass is 10.2. The van der Waals surface area contributed by atoms with E-state index in [1.54, 1.807) is 0 Å². The summed E-state index contributed by atoms with van der Waals surface area (Å²) < 4.78 is 11.0. The Hall–Kier alpha value is -1.73. The molecule has 0 spiro atoms. The van der Waals surface area contributed by atoms with E-state index in [0.29, 0.717) is 24.7 Å². The van der Waals surface area contributed by atoms with E-state index in [4.69, 9.17) is 9.26 Å². The monoisotopic (exact) mass is 347 g/mol. The first-order chi connectivity index (χ1) is 11.8. The number of aromatic nitrogens is 2. The van der Waals surface area contributed by atoms with Gasteiger partial charge in [-0.25, -0.2) is 0 Å². The SMILES string of the molecule is O=C(c1cccs1)N1CCCC1c1nc(CCOCC2CC2)no1. The normalized spacial score (nSPS) is 20.7. The maximum Gasteiger partial charge on any atom is 0.264 e. The Morgan fingerprint density at radius 2 is 2.33 bits per heavy atom. The molecule has 1 saturated carbocycles. The van der Waals surface area contributed by atoms with Crippen LogP contribution >= 0.6 is 11.3 Å². The van der Waals surface area contributed by atoms with Crippen molar-refractivity contribution < 1.29 is 14.1 Å². The Kier molecular flexibility index (Phi) is 4.62. The van der Waals surface area contributed by atoms with Gasteiger partial charge in [-0.1, -0.05) is 11.2 Å². The van der Waals surface area contributed by atoms with Gasteiger partial charge in [-0.15, -0.1) is 11.3 Å². The summed E-state index contributed by atoms with van der Waals surface area (Å²) in [6, 6.07) is 3.65. The van der Waals surface area contributed by atoms with Gasteiger partial charge in [0.05, 0.1) is 11.5 Å². The van der Waals surface area contributed by atoms with Crippen LogP contribution in [0.25, 0.3) is 0 Å². The number of rotatable bonds is 7. The van der Waals surface area contributed by atoms with Crippen LogP contribution < -0.4 is 0 Å². The lowest BCUT2D eigenvalue weighted by Crippen LogP contribution is -2.30. The molecule has 24 heavy (non-hydrogen) atoms. The summed E-state index contributed by atoms with van der Waals surface area (Å²) in [5.41, 5.74) is 0. The standard InChI is InChI=1S/C17H21N3O3S/c21-17(14-4-2-10-24-14)20-8-1-3-13(20)16-18-15(19-23-16)7-9-22-11-12-5-6-12/h2,4,10,12-13H,1,3,5-9,11H2. The van der Waals surface area contributed by atoms with Crippen molar-refractivity contribution in [3.63, 3.8) is 0 Å². The summed E-state index contributed by atoms with van der Waals surface area (Å²) in [6.45, 7) is 2.21. The molecule has 2 aromatic rings. The number of carbonyl (C=O) groups is 1. The van der Waals surface area contributed by atoms with Crippen LogP contribution in [0.5, 0.6) is 0 Å². The molecule has 4 rings (SSSR count). The topological polar surface area (TPSA) is 68.5 Å². The molecule has 0 radical (unpaired) electrons. The lowest BCUT2D eigenvalue weighted by Gasteiger charge is -2.20. The van der Waals surface area contributed by atoms with Crippen LogP contribution in [0.4, 0.5) is 0 Å². The molecule has 0 aromatic carbocycles. The number of hydrogen-bond acceptors (Lipinski definition) is 6. The van der Waals surface area contributed by atoms with E-state index in [0.717, 1.165) is 36.8 Å². The molecule has 128 valence electrons. The minimum atomic E-state index is -0.103. The van der Waals surface area contributed by atoms with Gasteiger partial charge < -0.3 is 14.2 Å². The lowest BCUT2D eigenvalue weighted by molar-refractivity contribution is 0.0715. The summed E-state index contributed by atoms with van der Waals surface area (Å²) in [4.78, 5) is 19.7. The molecule has 1 aliphatic heterocycles. The van der Waals surface area contributed by atoms with E-state index in [1.165, 1.54) is 24.2 Å². The van der Waals surface area contributed by atoms with Gasteiger partial charge >= 0.3 is 0 Å². The first-order valence-corrected chi connectivity index (χ1v) is 9.44. The maximum absolute atomic E-state index is 12.6. The van der Waals surface area contributed by atoms with Crippen molar-refractivity contribution in [2.75, 3.05) is 19.8 Å². The van der Waals surface area contributed by atoms with Crippen LogP contribution in [-0.2, 0) is 11.2 Å². The third-order valence-corrected chi connectivity index (χ3v) is 5.39. The number of likely N-dealkylation sites (tertiary alicyclic amines) is 1. The molecular formula is C17H21N3O3S. The molecular weight excluding hydrogens is 326 g/mol. The van der Waals surface area contributed by atoms with Crippen LogP contribution in [0.15, 0.2) is 22.0 Å². The second kappa shape index (κ2) is 7.03. The number of thiophene rings is 1. The van der Waals surface area contributed by atoms with Crippen LogP contribution in [0.1, 0.15) is 53.1 Å². The van der Waals surface area contributed by atoms with Crippen LogP contribution in [0.2, 0.25) is 0 Å². The molecule has 2 fully saturated rings. The van der Waals surface area contributed by atoms with E-state index in [1.807, 2.05) is 22.4 Å². The second-order valence-electron chi connectivity index (χ2n) is 6.45. The fourth-order valence-corrected chi connectivity index (χ4v) is 3.69. The van der Waals surface area contributed by atoms with E-state index in [2.05, 4.69) is 10.1 Å². The van der Waals surface area contributed by atoms with Gasteiger partial charge in [0.1, 0.15) is 6.04 Å². The molecule has 7 heteroatoms. The molecule has 1 unspecified atom stereocenters. The molecule has 1 amide bonds. The fraction of sp³-hybridized carbons (Fsp3) is 0.588. The number of ether oxygens (including phenoxy) is 1. The zero-order valence-electron chi connectivity index (χ0n) is 13.5. The minimum Gasteiger partial charge on any atom is -0.381 e. The summed E-state index contributed by atoms with van der Waals surface area (Å²) >= 11 is 1.47. The van der Waals surface area contributed by atoms with Gasteiger partial charge in [0.15, 0.2) is 5.82 Å². The van der Waals surface area contributed by atoms with Crippen molar-refractivity contribution in [2.24, 2.45) is 5.92 Å². The smallest absolute Gasteiger partial charge is 0.264 e. The van der Waals surface area contributed by atoms with Crippen molar-refractivity contribution in [2.45, 2.75) is 38.1 Å². The highest BCUT2D eigenvalue weighted by Gasteiger charge is 2.34. The van der Waals surface area contributed by atoms with E-state index in [9.17, 15) is 4.79 Å². The highest BCUT2D eigenvalue weighted by Crippen LogP contribution is 2.33. The van der Waals surface area contributed by atoms with Crippen molar-refractivity contribution >= 4 is 17.2 Å². The van der Waals surface area contributed by atoms with Crippen LogP contribution in [0.3, 0.4) is 0 Å². The highest BCUT2D eigenvalue weighted by molar-refractivity contribution is 7.12. The Balaban J connectivity index is 1.36. The molecule has 6 nitrogen and oxygen atoms in total. The first kappa shape index (κ1) is 15.8. The fourth-order valence-electron chi connectivity index (χ4n) is 3.01. The van der Waals surface area contributed by atoms with Gasteiger partial charge in [-0.2, -0.15) is 4.98 Å². The van der Waals surface area contributed by atoms with Gasteiger partial charge in [0, 0.05) is 19.6 Å². The summed E-state index contributed by atoms with van der Waals surface area (Å²) in [5.74, 6) is 2.03. The van der Waals surface area contributed by atoms with Gasteiger partial charge in [0.2, 0.25) is 5.89 Å². The Bertz CT molecular complexity index is 681. The summed E-state index contributed by atoms with van der Waals surface area (Å²) in [7, 11) is 0. The van der Waals surface area contributed by atoms with Crippen molar-refractivity contribution in [1.82, 2.24) is 15.0 Å². The van der Waals surface area contributed by atoms with Gasteiger partial charge in [-0.3, -0.25) is 4.79 Å². The Morgan fingerprint density at radius 1 is 1.42 bits per heavy atom. The van der Waals surface area contributed by atoms with Crippen LogP contribution in [0, 0.1) is 5.92 Å². The molecule has 2 aromatic heterocycles. The summed E-state index contributed by atoms with van der Waals surface area (Å²) in [5, 5.41) is 5.97. The third-order valence-electron chi connectivity index (χ3n) is 4.53. The van der Waals surface area contributed by atoms with Crippen molar-refractivity contribution in [3.8, 4) is 0 Å². The Morgan fingerprint density at radius 3 is 3.12 bits per heavy atom. The number of amides is 1. The molecule has 1 saturated heterocycles. The van der Waals surface area contributed by atoms with E-state index in [-0.39, 0.29) is 11.9 Å². The number of nitrogens with zero attached hydrogens (tertiary/aromatic N) is 3. The maximum atomic E-state index is 12.6. The third kappa shape index (κ3) is 3.52. The molecule has 1 atom stereocenters. The minimum absolute atomic E-state index is 0.0556. The van der Waals surface area contributed by atoms with Crippen LogP contribution in [-0.4, -0.2) is 40.7 Å². The van der Waals surface area contributed by atoms with Crippen molar-refractivity contribution in [3.05, 3.63) is 34.1 Å². The van der Waals surface area contributed by atoms with E-state index < -0.39 is 0 Å². The largest absolute Gasteiger partial charge is 0.381 e. The second-order valence-corrected chi connectivity index (χ2v) is 7.40. The molecule has 1 aliphatic carbocycles. The molecule has 0 N–H and O–H groups in total. The van der Waals surface area contributed by atoms with Gasteiger partial charge in [0.25, 0.3) is 5.91 Å². The predicted molar refractivity (Wildman–Crippen MR) is 88.9 cm³/mol. The quantitative estimate of drug-likeness (QED) is 0.720. The molecule has 0 bridgehead atoms. The zero-order valence-corrected chi connectivity index (χ0v) is 14.3. The zero-order chi connectivity index (χ0) is 16.4. The molecule has 3 heterocycles. The average molecular weight is 347 g/mol. The Labute approximate surface area is 144 Å². The molecule has 2 aliphatic rings. The number of hydrogen-bond donors (Lipinski definition) is 0. The first-order valence-electron chi connectivity index (χ1n) is 8.56. The highest BCUT2D eigenvalue weighted by atomic mass is 32.1. The summed E-state index contributed by atoms with van der Waals surface area (Å²) in [6.07, 6.45) is 5.08. The van der Waals surface area contributed by atoms with E-state index >= 15 is 0 Å². The predicted octanol–water partition coefficient (Wildman–Crippen LogP) is 3.08.